The Bertz CT molecular complexity index is 609. The van der Waals surface area contributed by atoms with Crippen LogP contribution in [0.3, 0.4) is 0 Å². The number of hydrogen-bond acceptors (Lipinski definition) is 4. The second-order valence-corrected chi connectivity index (χ2v) is 5.38. The van der Waals surface area contributed by atoms with Crippen LogP contribution in [0.25, 0.3) is 5.82 Å². The van der Waals surface area contributed by atoms with Crippen LogP contribution in [0.4, 0.5) is 5.69 Å². The molecule has 1 aliphatic rings. The average Bonchev–Trinajstić information content (AvgIpc) is 3.12. The zero-order valence-corrected chi connectivity index (χ0v) is 12.2. The van der Waals surface area contributed by atoms with Crippen molar-refractivity contribution >= 4 is 27.5 Å². The van der Waals surface area contributed by atoms with Gasteiger partial charge in [-0.1, -0.05) is 0 Å². The number of hydrogen-bond donors (Lipinski definition) is 1. The molecule has 104 valence electrons. The smallest absolute Gasteiger partial charge is 0.253 e. The zero-order chi connectivity index (χ0) is 13.9. The number of halogens is 1. The molecule has 7 heteroatoms. The third-order valence-corrected chi connectivity index (χ3v) is 3.47. The van der Waals surface area contributed by atoms with Gasteiger partial charge in [0.2, 0.25) is 0 Å². The van der Waals surface area contributed by atoms with Gasteiger partial charge in [0.15, 0.2) is 5.82 Å². The third-order valence-electron chi connectivity index (χ3n) is 3.03. The summed E-state index contributed by atoms with van der Waals surface area (Å²) in [5.74, 6) is 0.431. The molecule has 6 nitrogen and oxygen atoms in total. The minimum Gasteiger partial charge on any atom is -0.368 e. The molecule has 1 saturated heterocycles. The molecular weight excluding hydrogens is 324 g/mol. The van der Waals surface area contributed by atoms with Crippen molar-refractivity contribution in [3.63, 3.8) is 0 Å². The lowest BCUT2D eigenvalue weighted by Crippen LogP contribution is -2.27. The van der Waals surface area contributed by atoms with Crippen molar-refractivity contribution in [2.45, 2.75) is 18.9 Å². The molecule has 0 radical (unpaired) electrons. The van der Waals surface area contributed by atoms with Gasteiger partial charge in [-0.3, -0.25) is 4.79 Å². The van der Waals surface area contributed by atoms with Crippen LogP contribution in [0.15, 0.2) is 35.2 Å². The van der Waals surface area contributed by atoms with Gasteiger partial charge in [-0.05, 0) is 40.9 Å². The summed E-state index contributed by atoms with van der Waals surface area (Å²) in [5, 5.41) is 7.00. The Kier molecular flexibility index (Phi) is 3.79. The number of ether oxygens (including phenoxy) is 1. The molecule has 0 bridgehead atoms. The molecule has 0 spiro atoms. The van der Waals surface area contributed by atoms with Crippen molar-refractivity contribution in [3.05, 3.63) is 35.2 Å². The Morgan fingerprint density at radius 3 is 3.15 bits per heavy atom. The van der Waals surface area contributed by atoms with Crippen molar-refractivity contribution in [2.75, 3.05) is 11.9 Å². The molecule has 3 rings (SSSR count). The number of carbonyl (C=O) groups is 1. The zero-order valence-electron chi connectivity index (χ0n) is 10.6. The van der Waals surface area contributed by atoms with Crippen molar-refractivity contribution in [2.24, 2.45) is 0 Å². The highest BCUT2D eigenvalue weighted by Crippen LogP contribution is 2.23. The van der Waals surface area contributed by atoms with E-state index < -0.39 is 0 Å². The summed E-state index contributed by atoms with van der Waals surface area (Å²) in [4.78, 5) is 16.4. The molecule has 1 aliphatic heterocycles. The van der Waals surface area contributed by atoms with Crippen molar-refractivity contribution < 1.29 is 9.53 Å². The molecule has 0 aromatic carbocycles. The molecule has 1 unspecified atom stereocenters. The SMILES string of the molecule is O=C(Nc1cc(Br)cnc1-n1cccn1)C1CCCO1. The van der Waals surface area contributed by atoms with Crippen LogP contribution in [0, 0.1) is 0 Å². The largest absolute Gasteiger partial charge is 0.368 e. The first-order valence-electron chi connectivity index (χ1n) is 6.32. The Morgan fingerprint density at radius 2 is 2.45 bits per heavy atom. The predicted octanol–water partition coefficient (Wildman–Crippen LogP) is 2.15. The normalized spacial score (nSPS) is 18.1. The second-order valence-electron chi connectivity index (χ2n) is 4.47. The third kappa shape index (κ3) is 2.73. The molecule has 0 saturated carbocycles. The molecule has 1 amide bonds. The van der Waals surface area contributed by atoms with Gasteiger partial charge in [0.05, 0.1) is 5.69 Å². The summed E-state index contributed by atoms with van der Waals surface area (Å²) in [6.45, 7) is 0.640. The van der Waals surface area contributed by atoms with Crippen LogP contribution in [0.5, 0.6) is 0 Å². The Labute approximate surface area is 124 Å². The number of rotatable bonds is 3. The van der Waals surface area contributed by atoms with E-state index in [0.29, 0.717) is 18.1 Å². The van der Waals surface area contributed by atoms with Crippen molar-refractivity contribution in [3.8, 4) is 5.82 Å². The number of nitrogens with one attached hydrogen (secondary N) is 1. The molecule has 20 heavy (non-hydrogen) atoms. The molecule has 0 aliphatic carbocycles. The molecule has 1 fully saturated rings. The fourth-order valence-electron chi connectivity index (χ4n) is 2.10. The van der Waals surface area contributed by atoms with Crippen LogP contribution in [-0.4, -0.2) is 33.4 Å². The van der Waals surface area contributed by atoms with Crippen LogP contribution in [0.2, 0.25) is 0 Å². The summed E-state index contributed by atoms with van der Waals surface area (Å²) >= 11 is 3.36. The van der Waals surface area contributed by atoms with Gasteiger partial charge in [0.25, 0.3) is 5.91 Å². The van der Waals surface area contributed by atoms with Gasteiger partial charge in [0, 0.05) is 29.7 Å². The van der Waals surface area contributed by atoms with E-state index in [1.807, 2.05) is 0 Å². The van der Waals surface area contributed by atoms with E-state index in [0.717, 1.165) is 17.3 Å². The van der Waals surface area contributed by atoms with Gasteiger partial charge in [-0.2, -0.15) is 5.10 Å². The molecule has 2 aromatic rings. The number of carbonyl (C=O) groups excluding carboxylic acids is 1. The highest BCUT2D eigenvalue weighted by Gasteiger charge is 2.24. The van der Waals surface area contributed by atoms with E-state index >= 15 is 0 Å². The van der Waals surface area contributed by atoms with Crippen molar-refractivity contribution in [1.29, 1.82) is 0 Å². The number of pyridine rings is 1. The van der Waals surface area contributed by atoms with E-state index in [9.17, 15) is 4.79 Å². The van der Waals surface area contributed by atoms with E-state index in [1.54, 1.807) is 35.4 Å². The lowest BCUT2D eigenvalue weighted by atomic mass is 10.2. The quantitative estimate of drug-likeness (QED) is 0.932. The number of aromatic nitrogens is 3. The Morgan fingerprint density at radius 1 is 1.55 bits per heavy atom. The van der Waals surface area contributed by atoms with Gasteiger partial charge in [-0.25, -0.2) is 9.67 Å². The van der Waals surface area contributed by atoms with Crippen molar-refractivity contribution in [1.82, 2.24) is 14.8 Å². The van der Waals surface area contributed by atoms with Gasteiger partial charge >= 0.3 is 0 Å². The molecule has 3 heterocycles. The monoisotopic (exact) mass is 336 g/mol. The molecule has 2 aromatic heterocycles. The lowest BCUT2D eigenvalue weighted by molar-refractivity contribution is -0.124. The number of anilines is 1. The van der Waals surface area contributed by atoms with Gasteiger partial charge < -0.3 is 10.1 Å². The number of nitrogens with zero attached hydrogens (tertiary/aromatic N) is 3. The van der Waals surface area contributed by atoms with Crippen LogP contribution in [-0.2, 0) is 9.53 Å². The first-order chi connectivity index (χ1) is 9.74. The number of amides is 1. The summed E-state index contributed by atoms with van der Waals surface area (Å²) in [6.07, 6.45) is 6.40. The van der Waals surface area contributed by atoms with E-state index in [1.165, 1.54) is 0 Å². The van der Waals surface area contributed by atoms with E-state index in [2.05, 4.69) is 31.3 Å². The first kappa shape index (κ1) is 13.3. The highest BCUT2D eigenvalue weighted by molar-refractivity contribution is 9.10. The molecule has 1 N–H and O–H groups in total. The minimum atomic E-state index is -0.376. The topological polar surface area (TPSA) is 69.0 Å². The van der Waals surface area contributed by atoms with E-state index in [4.69, 9.17) is 4.74 Å². The summed E-state index contributed by atoms with van der Waals surface area (Å²) in [6, 6.07) is 3.60. The highest BCUT2D eigenvalue weighted by atomic mass is 79.9. The maximum Gasteiger partial charge on any atom is 0.253 e. The maximum atomic E-state index is 12.1. The predicted molar refractivity (Wildman–Crippen MR) is 76.7 cm³/mol. The molecular formula is C13H13BrN4O2. The fraction of sp³-hybridized carbons (Fsp3) is 0.308. The average molecular weight is 337 g/mol. The van der Waals surface area contributed by atoms with Gasteiger partial charge in [0.1, 0.15) is 6.10 Å². The minimum absolute atomic E-state index is 0.143. The summed E-state index contributed by atoms with van der Waals surface area (Å²) < 4.78 is 7.78. The van der Waals surface area contributed by atoms with Crippen LogP contribution >= 0.6 is 15.9 Å². The second kappa shape index (κ2) is 5.72. The Hall–Kier alpha value is -1.73. The summed E-state index contributed by atoms with van der Waals surface area (Å²) in [7, 11) is 0. The first-order valence-corrected chi connectivity index (χ1v) is 7.11. The fourth-order valence-corrected chi connectivity index (χ4v) is 2.43. The van der Waals surface area contributed by atoms with Gasteiger partial charge in [-0.15, -0.1) is 0 Å². The lowest BCUT2D eigenvalue weighted by Gasteiger charge is -2.13. The van der Waals surface area contributed by atoms with E-state index in [-0.39, 0.29) is 12.0 Å². The summed E-state index contributed by atoms with van der Waals surface area (Å²) in [5.41, 5.74) is 0.601. The maximum absolute atomic E-state index is 12.1. The van der Waals surface area contributed by atoms with Crippen LogP contribution in [0.1, 0.15) is 12.8 Å². The standard InChI is InChI=1S/C13H13BrN4O2/c14-9-7-10(17-13(19)11-3-1-6-20-11)12(15-8-9)18-5-2-4-16-18/h2,4-5,7-8,11H,1,3,6H2,(H,17,19). The van der Waals surface area contributed by atoms with Crippen LogP contribution < -0.4 is 5.32 Å². The Balaban J connectivity index is 1.87. The molecule has 1 atom stereocenters.